The van der Waals surface area contributed by atoms with Gasteiger partial charge in [0.2, 0.25) is 0 Å². The Morgan fingerprint density at radius 1 is 1.50 bits per heavy atom. The molecule has 1 aromatic rings. The zero-order valence-corrected chi connectivity index (χ0v) is 9.24. The molecule has 1 atom stereocenters. The third-order valence-electron chi connectivity index (χ3n) is 2.93. The van der Waals surface area contributed by atoms with Gasteiger partial charge in [0.25, 0.3) is 0 Å². The summed E-state index contributed by atoms with van der Waals surface area (Å²) < 4.78 is 13.3. The van der Waals surface area contributed by atoms with Crippen molar-refractivity contribution < 1.29 is 9.18 Å². The molecule has 1 aromatic carbocycles. The summed E-state index contributed by atoms with van der Waals surface area (Å²) in [7, 11) is 0. The van der Waals surface area contributed by atoms with Crippen LogP contribution in [0.2, 0.25) is 0 Å². The fourth-order valence-corrected chi connectivity index (χ4v) is 1.98. The Balaban J connectivity index is 2.05. The van der Waals surface area contributed by atoms with E-state index in [1.807, 2.05) is 6.92 Å². The zero-order valence-electron chi connectivity index (χ0n) is 9.24. The molecule has 86 valence electrons. The van der Waals surface area contributed by atoms with E-state index in [0.717, 1.165) is 19.4 Å². The number of hydrogen-bond acceptors (Lipinski definition) is 1. The van der Waals surface area contributed by atoms with Gasteiger partial charge in [0.1, 0.15) is 5.82 Å². The van der Waals surface area contributed by atoms with E-state index in [0.29, 0.717) is 0 Å². The number of amides is 2. The van der Waals surface area contributed by atoms with Crippen LogP contribution in [0.1, 0.15) is 19.8 Å². The van der Waals surface area contributed by atoms with E-state index in [-0.39, 0.29) is 17.8 Å². The van der Waals surface area contributed by atoms with Crippen molar-refractivity contribution in [2.75, 3.05) is 11.9 Å². The van der Waals surface area contributed by atoms with Crippen LogP contribution in [0.5, 0.6) is 0 Å². The monoisotopic (exact) mass is 222 g/mol. The number of halogens is 1. The number of carbonyl (C=O) groups excluding carboxylic acids is 1. The van der Waals surface area contributed by atoms with Gasteiger partial charge in [0, 0.05) is 12.6 Å². The van der Waals surface area contributed by atoms with Crippen molar-refractivity contribution in [3.63, 3.8) is 0 Å². The lowest BCUT2D eigenvalue weighted by atomic mass is 10.2. The molecule has 1 heterocycles. The first-order chi connectivity index (χ1) is 7.68. The minimum absolute atomic E-state index is 0.213. The van der Waals surface area contributed by atoms with E-state index in [2.05, 4.69) is 5.32 Å². The molecule has 0 aliphatic carbocycles. The van der Waals surface area contributed by atoms with Gasteiger partial charge in [-0.15, -0.1) is 0 Å². The van der Waals surface area contributed by atoms with Gasteiger partial charge in [-0.2, -0.15) is 0 Å². The quantitative estimate of drug-likeness (QED) is 0.778. The molecule has 0 radical (unpaired) electrons. The van der Waals surface area contributed by atoms with Gasteiger partial charge in [-0.3, -0.25) is 0 Å². The van der Waals surface area contributed by atoms with E-state index < -0.39 is 5.82 Å². The Bertz CT molecular complexity index is 394. The third kappa shape index (κ3) is 2.15. The molecule has 0 spiro atoms. The summed E-state index contributed by atoms with van der Waals surface area (Å²) in [6.45, 7) is 2.76. The normalized spacial score (nSPS) is 19.9. The average Bonchev–Trinajstić information content (AvgIpc) is 2.68. The number of rotatable bonds is 1. The number of anilines is 1. The first-order valence-corrected chi connectivity index (χ1v) is 5.50. The summed E-state index contributed by atoms with van der Waals surface area (Å²) in [6.07, 6.45) is 2.04. The fraction of sp³-hybridized carbons (Fsp3) is 0.417. The maximum atomic E-state index is 13.3. The zero-order chi connectivity index (χ0) is 11.5. The van der Waals surface area contributed by atoms with E-state index in [1.165, 1.54) is 6.07 Å². The lowest BCUT2D eigenvalue weighted by Crippen LogP contribution is -2.37. The van der Waals surface area contributed by atoms with Gasteiger partial charge in [0.05, 0.1) is 5.69 Å². The Labute approximate surface area is 94.3 Å². The molecular weight excluding hydrogens is 207 g/mol. The second-order valence-electron chi connectivity index (χ2n) is 4.09. The number of nitrogens with one attached hydrogen (secondary N) is 1. The van der Waals surface area contributed by atoms with Crippen molar-refractivity contribution in [3.05, 3.63) is 30.1 Å². The highest BCUT2D eigenvalue weighted by Crippen LogP contribution is 2.19. The van der Waals surface area contributed by atoms with Crippen molar-refractivity contribution in [1.29, 1.82) is 0 Å². The largest absolute Gasteiger partial charge is 0.322 e. The first-order valence-electron chi connectivity index (χ1n) is 5.50. The highest BCUT2D eigenvalue weighted by Gasteiger charge is 2.25. The smallest absolute Gasteiger partial charge is 0.322 e. The molecule has 1 fully saturated rings. The van der Waals surface area contributed by atoms with Crippen LogP contribution in [-0.2, 0) is 0 Å². The van der Waals surface area contributed by atoms with Crippen LogP contribution in [0, 0.1) is 5.82 Å². The second kappa shape index (κ2) is 4.51. The Morgan fingerprint density at radius 3 is 2.88 bits per heavy atom. The molecule has 1 unspecified atom stereocenters. The summed E-state index contributed by atoms with van der Waals surface area (Å²) in [5.74, 6) is -0.400. The molecule has 1 N–H and O–H groups in total. The van der Waals surface area contributed by atoms with Crippen LogP contribution in [0.4, 0.5) is 14.9 Å². The van der Waals surface area contributed by atoms with E-state index in [4.69, 9.17) is 0 Å². The number of para-hydroxylation sites is 1. The van der Waals surface area contributed by atoms with Gasteiger partial charge in [0.15, 0.2) is 0 Å². The molecule has 0 saturated carbocycles. The highest BCUT2D eigenvalue weighted by molar-refractivity contribution is 5.89. The van der Waals surface area contributed by atoms with Crippen LogP contribution in [0.3, 0.4) is 0 Å². The van der Waals surface area contributed by atoms with Crippen molar-refractivity contribution in [3.8, 4) is 0 Å². The van der Waals surface area contributed by atoms with Gasteiger partial charge in [-0.25, -0.2) is 9.18 Å². The van der Waals surface area contributed by atoms with Crippen LogP contribution in [0.25, 0.3) is 0 Å². The van der Waals surface area contributed by atoms with E-state index in [9.17, 15) is 9.18 Å². The summed E-state index contributed by atoms with van der Waals surface area (Å²) in [4.78, 5) is 13.6. The number of urea groups is 1. The average molecular weight is 222 g/mol. The lowest BCUT2D eigenvalue weighted by molar-refractivity contribution is 0.210. The topological polar surface area (TPSA) is 32.3 Å². The van der Waals surface area contributed by atoms with Gasteiger partial charge in [-0.1, -0.05) is 12.1 Å². The fourth-order valence-electron chi connectivity index (χ4n) is 1.98. The molecule has 1 aliphatic rings. The molecule has 4 heteroatoms. The maximum Gasteiger partial charge on any atom is 0.322 e. The summed E-state index contributed by atoms with van der Waals surface area (Å²) >= 11 is 0. The first kappa shape index (κ1) is 10.9. The summed E-state index contributed by atoms with van der Waals surface area (Å²) in [6, 6.07) is 6.23. The lowest BCUT2D eigenvalue weighted by Gasteiger charge is -2.21. The Kier molecular flexibility index (Phi) is 3.08. The number of carbonyl (C=O) groups is 1. The molecule has 0 bridgehead atoms. The molecule has 1 aliphatic heterocycles. The second-order valence-corrected chi connectivity index (χ2v) is 4.09. The van der Waals surface area contributed by atoms with Crippen molar-refractivity contribution >= 4 is 11.7 Å². The van der Waals surface area contributed by atoms with Crippen LogP contribution < -0.4 is 5.32 Å². The van der Waals surface area contributed by atoms with Gasteiger partial charge >= 0.3 is 6.03 Å². The van der Waals surface area contributed by atoms with Crippen LogP contribution in [-0.4, -0.2) is 23.5 Å². The Hall–Kier alpha value is -1.58. The molecule has 2 rings (SSSR count). The molecule has 1 saturated heterocycles. The summed E-state index contributed by atoms with van der Waals surface area (Å²) in [5.41, 5.74) is 0.242. The minimum Gasteiger partial charge on any atom is -0.322 e. The molecule has 0 aromatic heterocycles. The van der Waals surface area contributed by atoms with Crippen molar-refractivity contribution in [2.45, 2.75) is 25.8 Å². The molecule has 2 amide bonds. The van der Waals surface area contributed by atoms with Crippen LogP contribution in [0.15, 0.2) is 24.3 Å². The molecular formula is C12H15FN2O. The Morgan fingerprint density at radius 2 is 2.25 bits per heavy atom. The minimum atomic E-state index is -0.400. The number of benzene rings is 1. The van der Waals surface area contributed by atoms with E-state index >= 15 is 0 Å². The standard InChI is InChI=1S/C12H15FN2O/c1-9-5-4-8-15(9)12(16)14-11-7-3-2-6-10(11)13/h2-3,6-7,9H,4-5,8H2,1H3,(H,14,16). The maximum absolute atomic E-state index is 13.3. The van der Waals surface area contributed by atoms with Crippen molar-refractivity contribution in [1.82, 2.24) is 4.90 Å². The molecule has 3 nitrogen and oxygen atoms in total. The van der Waals surface area contributed by atoms with Crippen molar-refractivity contribution in [2.24, 2.45) is 0 Å². The predicted octanol–water partition coefficient (Wildman–Crippen LogP) is 2.84. The van der Waals surface area contributed by atoms with E-state index in [1.54, 1.807) is 23.1 Å². The van der Waals surface area contributed by atoms with Crippen LogP contribution >= 0.6 is 0 Å². The summed E-state index contributed by atoms with van der Waals surface area (Å²) in [5, 5.41) is 2.59. The SMILES string of the molecule is CC1CCCN1C(=O)Nc1ccccc1F. The molecule has 16 heavy (non-hydrogen) atoms. The number of likely N-dealkylation sites (tertiary alicyclic amines) is 1. The number of hydrogen-bond donors (Lipinski definition) is 1. The predicted molar refractivity (Wildman–Crippen MR) is 60.8 cm³/mol. The number of nitrogens with zero attached hydrogens (tertiary/aromatic N) is 1. The van der Waals surface area contributed by atoms with Gasteiger partial charge in [-0.05, 0) is 31.9 Å². The third-order valence-corrected chi connectivity index (χ3v) is 2.93. The highest BCUT2D eigenvalue weighted by atomic mass is 19.1. The van der Waals surface area contributed by atoms with Gasteiger partial charge < -0.3 is 10.2 Å².